The zero-order valence-electron chi connectivity index (χ0n) is 19.8. The minimum atomic E-state index is 0. The van der Waals surface area contributed by atoms with Gasteiger partial charge in [-0.05, 0) is 5.92 Å². The fourth-order valence-corrected chi connectivity index (χ4v) is 4.18. The van der Waals surface area contributed by atoms with Crippen LogP contribution < -0.4 is 0 Å². The molecule has 0 fully saturated rings. The molecule has 2 aromatic rings. The summed E-state index contributed by atoms with van der Waals surface area (Å²) in [5.41, 5.74) is 7.62. The Balaban J connectivity index is 0. The topological polar surface area (TPSA) is 0 Å². The predicted molar refractivity (Wildman–Crippen MR) is 140 cm³/mol. The Labute approximate surface area is 219 Å². The molecule has 172 valence electrons. The molecule has 0 nitrogen and oxygen atoms in total. The summed E-state index contributed by atoms with van der Waals surface area (Å²) >= 11 is 1.46. The van der Waals surface area contributed by atoms with Gasteiger partial charge in [0.2, 0.25) is 0 Å². The maximum Gasteiger partial charge on any atom is -0.0512 e. The van der Waals surface area contributed by atoms with E-state index >= 15 is 0 Å². The number of fused-ring (bicyclic) bond motifs is 1. The van der Waals surface area contributed by atoms with Crippen molar-refractivity contribution in [2.75, 3.05) is 0 Å². The third kappa shape index (κ3) is 11.2. The zero-order chi connectivity index (χ0) is 20.4. The summed E-state index contributed by atoms with van der Waals surface area (Å²) in [6.45, 7) is 9.03. The predicted octanol–water partition coefficient (Wildman–Crippen LogP) is 8.32. The van der Waals surface area contributed by atoms with Crippen LogP contribution in [0.3, 0.4) is 0 Å². The molecule has 0 aliphatic heterocycles. The molecule has 0 aromatic heterocycles. The van der Waals surface area contributed by atoms with E-state index in [1.165, 1.54) is 61.1 Å². The van der Waals surface area contributed by atoms with Crippen LogP contribution in [0.2, 0.25) is 0 Å². The van der Waals surface area contributed by atoms with Gasteiger partial charge in [-0.1, -0.05) is 59.3 Å². The molecule has 0 heterocycles. The molecule has 2 aliphatic carbocycles. The Morgan fingerprint density at radius 3 is 2.06 bits per heavy atom. The molecular formula is C28H39Cl2Zr-3. The molecule has 3 heteroatoms. The summed E-state index contributed by atoms with van der Waals surface area (Å²) in [7, 11) is 0. The van der Waals surface area contributed by atoms with Crippen molar-refractivity contribution in [3.05, 3.63) is 95.9 Å². The summed E-state index contributed by atoms with van der Waals surface area (Å²) in [5, 5.41) is 0. The van der Waals surface area contributed by atoms with Gasteiger partial charge in [0.15, 0.2) is 0 Å². The molecule has 31 heavy (non-hydrogen) atoms. The van der Waals surface area contributed by atoms with Gasteiger partial charge in [0.05, 0.1) is 0 Å². The summed E-state index contributed by atoms with van der Waals surface area (Å²) in [4.78, 5) is 0. The second kappa shape index (κ2) is 17.9. The van der Waals surface area contributed by atoms with Crippen molar-refractivity contribution in [2.24, 2.45) is 11.8 Å². The Morgan fingerprint density at radius 1 is 0.935 bits per heavy atom. The van der Waals surface area contributed by atoms with Crippen LogP contribution in [-0.2, 0) is 37.1 Å². The Morgan fingerprint density at radius 2 is 1.58 bits per heavy atom. The number of rotatable bonds is 3. The molecule has 0 spiro atoms. The largest absolute Gasteiger partial charge is 0.210 e. The number of benzene rings is 1. The van der Waals surface area contributed by atoms with E-state index in [1.54, 1.807) is 16.7 Å². The number of hydrogen-bond donors (Lipinski definition) is 0. The molecule has 2 aliphatic rings. The van der Waals surface area contributed by atoms with Gasteiger partial charge >= 0.3 is 63.8 Å². The minimum Gasteiger partial charge on any atom is -0.210 e. The fourth-order valence-electron chi connectivity index (χ4n) is 3.70. The van der Waals surface area contributed by atoms with Gasteiger partial charge in [-0.3, -0.25) is 6.08 Å². The Hall–Kier alpha value is -0.617. The third-order valence-corrected chi connectivity index (χ3v) is 6.17. The quantitative estimate of drug-likeness (QED) is 0.345. The first-order valence-electron chi connectivity index (χ1n) is 10.6. The van der Waals surface area contributed by atoms with Crippen LogP contribution in [0.15, 0.2) is 65.8 Å². The van der Waals surface area contributed by atoms with Crippen molar-refractivity contribution in [1.29, 1.82) is 0 Å². The third-order valence-electron chi connectivity index (χ3n) is 5.36. The van der Waals surface area contributed by atoms with Gasteiger partial charge in [0.25, 0.3) is 0 Å². The van der Waals surface area contributed by atoms with Crippen molar-refractivity contribution >= 4 is 28.5 Å². The summed E-state index contributed by atoms with van der Waals surface area (Å²) < 4.78 is 2.17. The molecular weight excluding hydrogens is 498 g/mol. The molecule has 0 amide bonds. The molecule has 0 bridgehead atoms. The van der Waals surface area contributed by atoms with Crippen LogP contribution in [-0.4, -0.2) is 3.71 Å². The smallest absolute Gasteiger partial charge is 0.0512 e. The summed E-state index contributed by atoms with van der Waals surface area (Å²) in [5.74, 6) is 1.36. The Bertz CT molecular complexity index is 762. The van der Waals surface area contributed by atoms with Crippen molar-refractivity contribution in [1.82, 2.24) is 0 Å². The van der Waals surface area contributed by atoms with Crippen molar-refractivity contribution in [3.8, 4) is 0 Å². The van der Waals surface area contributed by atoms with Crippen LogP contribution in [0, 0.1) is 25.3 Å². The van der Waals surface area contributed by atoms with E-state index in [1.807, 2.05) is 6.07 Å². The number of aryl methyl sites for hydroxylation is 2. The average Bonchev–Trinajstić information content (AvgIpc) is 3.39. The van der Waals surface area contributed by atoms with Crippen molar-refractivity contribution in [3.63, 3.8) is 0 Å². The second-order valence-corrected chi connectivity index (χ2v) is 8.86. The van der Waals surface area contributed by atoms with E-state index in [9.17, 15) is 0 Å². The van der Waals surface area contributed by atoms with Crippen LogP contribution in [0.5, 0.6) is 0 Å². The van der Waals surface area contributed by atoms with Crippen LogP contribution >= 0.6 is 24.8 Å². The minimum absolute atomic E-state index is 0. The molecule has 0 unspecified atom stereocenters. The molecule has 0 radical (unpaired) electrons. The number of allylic oxidation sites excluding steroid dienone is 4. The van der Waals surface area contributed by atoms with Gasteiger partial charge in [-0.15, -0.1) is 31.2 Å². The first kappa shape index (κ1) is 32.6. The maximum atomic E-state index is 3.29. The normalized spacial score (nSPS) is 13.5. The molecule has 0 saturated heterocycles. The van der Waals surface area contributed by atoms with Crippen LogP contribution in [0.4, 0.5) is 0 Å². The van der Waals surface area contributed by atoms with E-state index in [0.29, 0.717) is 11.8 Å². The summed E-state index contributed by atoms with van der Waals surface area (Å²) in [6.07, 6.45) is 12.0. The molecule has 0 saturated carbocycles. The van der Waals surface area contributed by atoms with Gasteiger partial charge in [0.1, 0.15) is 0 Å². The van der Waals surface area contributed by atoms with Gasteiger partial charge in [-0.2, -0.15) is 34.4 Å². The van der Waals surface area contributed by atoms with Gasteiger partial charge in [0, 0.05) is 0 Å². The monoisotopic (exact) mass is 535 g/mol. The van der Waals surface area contributed by atoms with Crippen molar-refractivity contribution in [2.45, 2.75) is 59.8 Å². The molecule has 0 atom stereocenters. The zero-order valence-corrected chi connectivity index (χ0v) is 23.9. The SMILES string of the molecule is CC(C)C1=C(C(C)C)C[C-]=C1.Cl.Cl.[CH3-].[Zr]=[CH]c1ccccc1.c1cc2c([cH-]1)CCCC2. The van der Waals surface area contributed by atoms with Gasteiger partial charge < -0.3 is 7.43 Å². The van der Waals surface area contributed by atoms with E-state index in [-0.39, 0.29) is 32.2 Å². The van der Waals surface area contributed by atoms with E-state index < -0.39 is 0 Å². The van der Waals surface area contributed by atoms with E-state index in [4.69, 9.17) is 0 Å². The van der Waals surface area contributed by atoms with Crippen molar-refractivity contribution < 1.29 is 24.2 Å². The number of hydrogen-bond acceptors (Lipinski definition) is 0. The first-order chi connectivity index (χ1) is 13.5. The van der Waals surface area contributed by atoms with Gasteiger partial charge in [-0.25, -0.2) is 12.1 Å². The van der Waals surface area contributed by atoms with Crippen LogP contribution in [0.25, 0.3) is 0 Å². The first-order valence-corrected chi connectivity index (χ1v) is 12.0. The molecule has 0 N–H and O–H groups in total. The van der Waals surface area contributed by atoms with E-state index in [2.05, 4.69) is 86.0 Å². The van der Waals surface area contributed by atoms with Crippen LogP contribution in [0.1, 0.15) is 63.6 Å². The second-order valence-electron chi connectivity index (χ2n) is 8.15. The van der Waals surface area contributed by atoms with E-state index in [0.717, 1.165) is 6.42 Å². The molecule has 4 rings (SSSR count). The summed E-state index contributed by atoms with van der Waals surface area (Å²) in [6, 6.07) is 17.0. The average molecular weight is 538 g/mol. The number of halogens is 2. The maximum absolute atomic E-state index is 3.29. The Kier molecular flexibility index (Phi) is 18.8. The molecule has 2 aromatic carbocycles. The fraction of sp³-hybridized carbons (Fsp3) is 0.393. The standard InChI is InChI=1S/C11H17.C9H11.C7H6.CH3.2ClH.Zr/c1-8(2)10-6-5-7-11(10)9(3)4;1-2-5-9-7-3-6-8(9)4-1;1-7-5-3-2-4-6-7;;;;/h6,8-9H,7H2,1-4H3;3,6-7H,1-2,4-5H2;1-6H;1H3;2*1H;/q2*-1;;-1;;;.